The summed E-state index contributed by atoms with van der Waals surface area (Å²) in [7, 11) is 0. The van der Waals surface area contributed by atoms with Gasteiger partial charge in [0.15, 0.2) is 0 Å². The molecule has 0 unspecified atom stereocenters. The fourth-order valence-corrected chi connectivity index (χ4v) is 2.45. The summed E-state index contributed by atoms with van der Waals surface area (Å²) in [5.74, 6) is -2.44. The normalized spacial score (nSPS) is 10.1. The molecule has 0 aliphatic carbocycles. The topological polar surface area (TPSA) is 130 Å². The van der Waals surface area contributed by atoms with E-state index in [0.717, 1.165) is 0 Å². The molecule has 5 N–H and O–H groups in total. The molecule has 152 valence electrons. The third-order valence-corrected chi connectivity index (χ3v) is 3.80. The number of hydrogen-bond acceptors (Lipinski definition) is 4. The summed E-state index contributed by atoms with van der Waals surface area (Å²) < 4.78 is 13.1. The molecule has 8 nitrogen and oxygen atoms in total. The van der Waals surface area contributed by atoms with Crippen LogP contribution in [0.15, 0.2) is 48.5 Å². The van der Waals surface area contributed by atoms with Crippen LogP contribution in [0.4, 0.5) is 10.1 Å². The Labute approximate surface area is 166 Å². The number of nitrogens with one attached hydrogen (secondary N) is 3. The van der Waals surface area contributed by atoms with E-state index < -0.39 is 29.4 Å². The molecule has 0 heterocycles. The van der Waals surface area contributed by atoms with Crippen LogP contribution < -0.4 is 21.7 Å². The summed E-state index contributed by atoms with van der Waals surface area (Å²) in [6.45, 7) is -0.238. The van der Waals surface area contributed by atoms with E-state index in [0.29, 0.717) is 5.56 Å². The van der Waals surface area contributed by atoms with Gasteiger partial charge in [-0.05, 0) is 29.8 Å². The number of hydrogen-bond donors (Lipinski definition) is 4. The van der Waals surface area contributed by atoms with Gasteiger partial charge < -0.3 is 21.7 Å². The van der Waals surface area contributed by atoms with Crippen molar-refractivity contribution in [2.24, 2.45) is 5.73 Å². The second kappa shape index (κ2) is 10.5. The molecule has 0 saturated carbocycles. The Morgan fingerprint density at radius 3 is 2.41 bits per heavy atom. The van der Waals surface area contributed by atoms with Crippen LogP contribution in [0.3, 0.4) is 0 Å². The first-order chi connectivity index (χ1) is 13.8. The largest absolute Gasteiger partial charge is 0.370 e. The van der Waals surface area contributed by atoms with E-state index in [-0.39, 0.29) is 37.2 Å². The van der Waals surface area contributed by atoms with E-state index in [1.165, 1.54) is 30.3 Å². The van der Waals surface area contributed by atoms with E-state index in [4.69, 9.17) is 5.73 Å². The van der Waals surface area contributed by atoms with Crippen LogP contribution in [0.5, 0.6) is 0 Å². The number of carbonyl (C=O) groups excluding carboxylic acids is 4. The van der Waals surface area contributed by atoms with Crippen molar-refractivity contribution in [1.29, 1.82) is 0 Å². The quantitative estimate of drug-likeness (QED) is 0.494. The summed E-state index contributed by atoms with van der Waals surface area (Å²) in [6.07, 6.45) is -0.0679. The lowest BCUT2D eigenvalue weighted by Gasteiger charge is -2.12. The Kier molecular flexibility index (Phi) is 7.84. The second-order valence-corrected chi connectivity index (χ2v) is 6.15. The van der Waals surface area contributed by atoms with Crippen molar-refractivity contribution >= 4 is 29.3 Å². The van der Waals surface area contributed by atoms with Gasteiger partial charge in [-0.15, -0.1) is 0 Å². The fraction of sp³-hybridized carbons (Fsp3) is 0.200. The molecule has 9 heteroatoms. The number of primary amides is 1. The van der Waals surface area contributed by atoms with Crippen LogP contribution in [0, 0.1) is 5.82 Å². The van der Waals surface area contributed by atoms with Gasteiger partial charge in [0.1, 0.15) is 5.82 Å². The molecule has 0 bridgehead atoms. The standard InChI is InChI=1S/C20H21FN4O4/c21-14-5-3-4-13(10-14)11-18(27)24-12-19(28)25-16-7-2-1-6-15(16)20(29)23-9-8-17(22)26/h1-7,10H,8-9,11-12H2,(H2,22,26)(H,23,29)(H,24,27)(H,25,28). The number of carbonyl (C=O) groups is 4. The minimum Gasteiger partial charge on any atom is -0.370 e. The van der Waals surface area contributed by atoms with Gasteiger partial charge in [0, 0.05) is 13.0 Å². The Morgan fingerprint density at radius 1 is 0.931 bits per heavy atom. The van der Waals surface area contributed by atoms with Crippen molar-refractivity contribution in [2.75, 3.05) is 18.4 Å². The third kappa shape index (κ3) is 7.41. The SMILES string of the molecule is NC(=O)CCNC(=O)c1ccccc1NC(=O)CNC(=O)Cc1cccc(F)c1. The van der Waals surface area contributed by atoms with Gasteiger partial charge in [0.25, 0.3) is 5.91 Å². The van der Waals surface area contributed by atoms with Crippen LogP contribution >= 0.6 is 0 Å². The third-order valence-electron chi connectivity index (χ3n) is 3.80. The summed E-state index contributed by atoms with van der Waals surface area (Å²) in [5.41, 5.74) is 5.98. The van der Waals surface area contributed by atoms with E-state index in [1.54, 1.807) is 18.2 Å². The highest BCUT2D eigenvalue weighted by Gasteiger charge is 2.14. The van der Waals surface area contributed by atoms with Gasteiger partial charge in [-0.2, -0.15) is 0 Å². The molecule has 0 fully saturated rings. The molecule has 0 saturated heterocycles. The van der Waals surface area contributed by atoms with Gasteiger partial charge in [0.05, 0.1) is 24.2 Å². The van der Waals surface area contributed by atoms with E-state index >= 15 is 0 Å². The molecule has 2 aromatic rings. The number of nitrogens with two attached hydrogens (primary N) is 1. The molecule has 0 aromatic heterocycles. The maximum absolute atomic E-state index is 13.1. The number of halogens is 1. The van der Waals surface area contributed by atoms with E-state index in [1.807, 2.05) is 0 Å². The molecule has 29 heavy (non-hydrogen) atoms. The lowest BCUT2D eigenvalue weighted by Crippen LogP contribution is -2.34. The van der Waals surface area contributed by atoms with Crippen LogP contribution in [0.25, 0.3) is 0 Å². The molecule has 0 radical (unpaired) electrons. The second-order valence-electron chi connectivity index (χ2n) is 6.15. The maximum Gasteiger partial charge on any atom is 0.253 e. The number of benzene rings is 2. The predicted molar refractivity (Wildman–Crippen MR) is 104 cm³/mol. The Hall–Kier alpha value is -3.75. The smallest absolute Gasteiger partial charge is 0.253 e. The maximum atomic E-state index is 13.1. The number of para-hydroxylation sites is 1. The lowest BCUT2D eigenvalue weighted by atomic mass is 10.1. The van der Waals surface area contributed by atoms with Crippen LogP contribution in [0.2, 0.25) is 0 Å². The van der Waals surface area contributed by atoms with E-state index in [9.17, 15) is 23.6 Å². The van der Waals surface area contributed by atoms with E-state index in [2.05, 4.69) is 16.0 Å². The van der Waals surface area contributed by atoms with Crippen molar-refractivity contribution in [3.05, 3.63) is 65.5 Å². The highest BCUT2D eigenvalue weighted by Crippen LogP contribution is 2.14. The monoisotopic (exact) mass is 400 g/mol. The predicted octanol–water partition coefficient (Wildman–Crippen LogP) is 0.728. The van der Waals surface area contributed by atoms with Gasteiger partial charge in [0.2, 0.25) is 17.7 Å². The highest BCUT2D eigenvalue weighted by atomic mass is 19.1. The van der Waals surface area contributed by atoms with Crippen LogP contribution in [0.1, 0.15) is 22.3 Å². The lowest BCUT2D eigenvalue weighted by molar-refractivity contribution is -0.123. The van der Waals surface area contributed by atoms with Gasteiger partial charge >= 0.3 is 0 Å². The number of rotatable bonds is 9. The van der Waals surface area contributed by atoms with Crippen molar-refractivity contribution in [3.63, 3.8) is 0 Å². The molecule has 0 aliphatic heterocycles. The minimum absolute atomic E-state index is 0.00237. The zero-order valence-corrected chi connectivity index (χ0v) is 15.5. The first-order valence-corrected chi connectivity index (χ1v) is 8.81. The fourth-order valence-electron chi connectivity index (χ4n) is 2.45. The first-order valence-electron chi connectivity index (χ1n) is 8.81. The average molecular weight is 400 g/mol. The summed E-state index contributed by atoms with van der Waals surface area (Å²) in [5, 5.41) is 7.53. The molecule has 2 rings (SSSR count). The number of amides is 4. The van der Waals surface area contributed by atoms with Crippen molar-refractivity contribution in [2.45, 2.75) is 12.8 Å². The van der Waals surface area contributed by atoms with Gasteiger partial charge in [-0.25, -0.2) is 4.39 Å². The first kappa shape index (κ1) is 21.5. The molecule has 4 amide bonds. The molecule has 0 spiro atoms. The highest BCUT2D eigenvalue weighted by molar-refractivity contribution is 6.04. The van der Waals surface area contributed by atoms with Crippen molar-refractivity contribution < 1.29 is 23.6 Å². The van der Waals surface area contributed by atoms with Crippen LogP contribution in [-0.4, -0.2) is 36.7 Å². The minimum atomic E-state index is -0.541. The Bertz CT molecular complexity index is 917. The zero-order chi connectivity index (χ0) is 21.2. The average Bonchev–Trinajstić information content (AvgIpc) is 2.66. The molecular weight excluding hydrogens is 379 g/mol. The summed E-state index contributed by atoms with van der Waals surface area (Å²) >= 11 is 0. The molecular formula is C20H21FN4O4. The molecule has 0 atom stereocenters. The summed E-state index contributed by atoms with van der Waals surface area (Å²) in [4.78, 5) is 47.0. The Balaban J connectivity index is 1.87. The summed E-state index contributed by atoms with van der Waals surface area (Å²) in [6, 6.07) is 11.9. The van der Waals surface area contributed by atoms with Crippen molar-refractivity contribution in [3.8, 4) is 0 Å². The van der Waals surface area contributed by atoms with Crippen molar-refractivity contribution in [1.82, 2.24) is 10.6 Å². The van der Waals surface area contributed by atoms with Gasteiger partial charge in [-0.1, -0.05) is 24.3 Å². The number of anilines is 1. The van der Waals surface area contributed by atoms with Gasteiger partial charge in [-0.3, -0.25) is 19.2 Å². The Morgan fingerprint density at radius 2 is 1.69 bits per heavy atom. The molecule has 2 aromatic carbocycles. The van der Waals surface area contributed by atoms with Crippen LogP contribution in [-0.2, 0) is 20.8 Å². The molecule has 0 aliphatic rings. The zero-order valence-electron chi connectivity index (χ0n) is 15.5.